The van der Waals surface area contributed by atoms with E-state index in [1.165, 1.54) is 0 Å². The van der Waals surface area contributed by atoms with E-state index in [0.717, 1.165) is 0 Å². The number of esters is 1. The summed E-state index contributed by atoms with van der Waals surface area (Å²) in [4.78, 5) is 10.9. The molecule has 5 heteroatoms. The van der Waals surface area contributed by atoms with Gasteiger partial charge < -0.3 is 14.9 Å². The molecule has 1 aromatic rings. The molecule has 0 amide bonds. The van der Waals surface area contributed by atoms with Crippen LogP contribution >= 0.6 is 0 Å². The van der Waals surface area contributed by atoms with E-state index in [9.17, 15) is 4.79 Å². The minimum absolute atomic E-state index is 0.0151. The van der Waals surface area contributed by atoms with Gasteiger partial charge >= 0.3 is 5.97 Å². The standard InChI is InChI=1S/C10H16N2O3/c1-2-15-10(13)9-14-8-5-11-12-6-3-4-7-12/h3-4,6-7,11H,2,5,8-9H2,1H3. The van der Waals surface area contributed by atoms with Crippen molar-refractivity contribution in [3.05, 3.63) is 24.5 Å². The van der Waals surface area contributed by atoms with E-state index in [1.54, 1.807) is 6.92 Å². The first-order valence-electron chi connectivity index (χ1n) is 4.93. The van der Waals surface area contributed by atoms with Gasteiger partial charge in [-0.2, -0.15) is 0 Å². The smallest absolute Gasteiger partial charge is 0.332 e. The van der Waals surface area contributed by atoms with Gasteiger partial charge in [0.05, 0.1) is 19.8 Å². The van der Waals surface area contributed by atoms with E-state index in [4.69, 9.17) is 9.47 Å². The van der Waals surface area contributed by atoms with Crippen molar-refractivity contribution in [1.29, 1.82) is 0 Å². The first-order chi connectivity index (χ1) is 7.33. The summed E-state index contributed by atoms with van der Waals surface area (Å²) in [5.41, 5.74) is 3.07. The average molecular weight is 212 g/mol. The molecule has 0 aliphatic rings. The van der Waals surface area contributed by atoms with Crippen LogP contribution in [0.4, 0.5) is 0 Å². The second-order valence-electron chi connectivity index (χ2n) is 2.86. The van der Waals surface area contributed by atoms with Gasteiger partial charge in [0.1, 0.15) is 6.61 Å². The van der Waals surface area contributed by atoms with E-state index in [1.807, 2.05) is 29.2 Å². The van der Waals surface area contributed by atoms with E-state index in [2.05, 4.69) is 5.43 Å². The van der Waals surface area contributed by atoms with Crippen LogP contribution in [0.25, 0.3) is 0 Å². The lowest BCUT2D eigenvalue weighted by atomic mass is 10.6. The first-order valence-corrected chi connectivity index (χ1v) is 4.93. The molecule has 15 heavy (non-hydrogen) atoms. The molecule has 5 nitrogen and oxygen atoms in total. The van der Waals surface area contributed by atoms with E-state index in [-0.39, 0.29) is 12.6 Å². The molecule has 0 unspecified atom stereocenters. The zero-order chi connectivity index (χ0) is 10.9. The van der Waals surface area contributed by atoms with Gasteiger partial charge in [0.15, 0.2) is 0 Å². The SMILES string of the molecule is CCOC(=O)COCCNn1cccc1. The van der Waals surface area contributed by atoms with Crippen LogP contribution in [0.5, 0.6) is 0 Å². The minimum atomic E-state index is -0.321. The van der Waals surface area contributed by atoms with Gasteiger partial charge in [-0.3, -0.25) is 4.68 Å². The Morgan fingerprint density at radius 1 is 1.40 bits per heavy atom. The largest absolute Gasteiger partial charge is 0.464 e. The Balaban J connectivity index is 1.95. The van der Waals surface area contributed by atoms with Crippen molar-refractivity contribution < 1.29 is 14.3 Å². The third-order valence-corrected chi connectivity index (χ3v) is 1.67. The molecule has 0 aromatic carbocycles. The highest BCUT2D eigenvalue weighted by atomic mass is 16.6. The number of nitrogens with one attached hydrogen (secondary N) is 1. The van der Waals surface area contributed by atoms with Crippen LogP contribution in [-0.4, -0.2) is 37.0 Å². The Kier molecular flexibility index (Phi) is 5.32. The van der Waals surface area contributed by atoms with E-state index in [0.29, 0.717) is 19.8 Å². The van der Waals surface area contributed by atoms with Gasteiger partial charge in [-0.05, 0) is 19.1 Å². The number of nitrogens with zero attached hydrogens (tertiary/aromatic N) is 1. The van der Waals surface area contributed by atoms with Gasteiger partial charge in [-0.15, -0.1) is 0 Å². The molecule has 0 atom stereocenters. The van der Waals surface area contributed by atoms with Crippen molar-refractivity contribution in [3.63, 3.8) is 0 Å². The highest BCUT2D eigenvalue weighted by Crippen LogP contribution is 1.85. The molecular weight excluding hydrogens is 196 g/mol. The molecule has 0 bridgehead atoms. The van der Waals surface area contributed by atoms with Crippen molar-refractivity contribution in [3.8, 4) is 0 Å². The molecule has 0 radical (unpaired) electrons. The molecule has 0 aliphatic carbocycles. The van der Waals surface area contributed by atoms with Gasteiger partial charge in [0.25, 0.3) is 0 Å². The lowest BCUT2D eigenvalue weighted by Crippen LogP contribution is -2.20. The van der Waals surface area contributed by atoms with Crippen molar-refractivity contribution in [2.24, 2.45) is 0 Å². The van der Waals surface area contributed by atoms with Gasteiger partial charge in [-0.1, -0.05) is 0 Å². The summed E-state index contributed by atoms with van der Waals surface area (Å²) < 4.78 is 11.6. The maximum atomic E-state index is 10.9. The Hall–Kier alpha value is -1.49. The number of carbonyl (C=O) groups is 1. The fourth-order valence-electron chi connectivity index (χ4n) is 1.04. The second kappa shape index (κ2) is 6.89. The summed E-state index contributed by atoms with van der Waals surface area (Å²) in [7, 11) is 0. The number of ether oxygens (including phenoxy) is 2. The summed E-state index contributed by atoms with van der Waals surface area (Å²) in [6.45, 7) is 3.29. The molecule has 1 N–H and O–H groups in total. The monoisotopic (exact) mass is 212 g/mol. The third-order valence-electron chi connectivity index (χ3n) is 1.67. The maximum Gasteiger partial charge on any atom is 0.332 e. The Labute approximate surface area is 88.9 Å². The molecule has 0 saturated heterocycles. The van der Waals surface area contributed by atoms with Crippen LogP contribution < -0.4 is 5.43 Å². The van der Waals surface area contributed by atoms with Crippen LogP contribution in [0.3, 0.4) is 0 Å². The highest BCUT2D eigenvalue weighted by Gasteiger charge is 1.99. The maximum absolute atomic E-state index is 10.9. The quantitative estimate of drug-likeness (QED) is 0.531. The fraction of sp³-hybridized carbons (Fsp3) is 0.500. The molecule has 0 aliphatic heterocycles. The second-order valence-corrected chi connectivity index (χ2v) is 2.86. The predicted octanol–water partition coefficient (Wildman–Crippen LogP) is 0.611. The van der Waals surface area contributed by atoms with Gasteiger partial charge in [0.2, 0.25) is 0 Å². The molecular formula is C10H16N2O3. The van der Waals surface area contributed by atoms with Crippen molar-refractivity contribution in [2.45, 2.75) is 6.92 Å². The zero-order valence-corrected chi connectivity index (χ0v) is 8.81. The molecule has 0 fully saturated rings. The van der Waals surface area contributed by atoms with Gasteiger partial charge in [0, 0.05) is 12.4 Å². The topological polar surface area (TPSA) is 52.5 Å². The molecule has 1 heterocycles. The van der Waals surface area contributed by atoms with Crippen molar-refractivity contribution in [1.82, 2.24) is 4.68 Å². The zero-order valence-electron chi connectivity index (χ0n) is 8.81. The number of aromatic nitrogens is 1. The lowest BCUT2D eigenvalue weighted by Gasteiger charge is -2.07. The van der Waals surface area contributed by atoms with Crippen molar-refractivity contribution in [2.75, 3.05) is 31.8 Å². The minimum Gasteiger partial charge on any atom is -0.464 e. The normalized spacial score (nSPS) is 9.93. The summed E-state index contributed by atoms with van der Waals surface area (Å²) in [5, 5.41) is 0. The number of hydrogen-bond acceptors (Lipinski definition) is 4. The van der Waals surface area contributed by atoms with E-state index >= 15 is 0 Å². The summed E-state index contributed by atoms with van der Waals surface area (Å²) in [6, 6.07) is 3.85. The fourth-order valence-corrected chi connectivity index (χ4v) is 1.04. The molecule has 84 valence electrons. The summed E-state index contributed by atoms with van der Waals surface area (Å²) >= 11 is 0. The number of carbonyl (C=O) groups excluding carboxylic acids is 1. The number of rotatable bonds is 7. The van der Waals surface area contributed by atoms with Crippen molar-refractivity contribution >= 4 is 5.97 Å². The predicted molar refractivity (Wildman–Crippen MR) is 56.1 cm³/mol. The first kappa shape index (κ1) is 11.6. The summed E-state index contributed by atoms with van der Waals surface area (Å²) in [5.74, 6) is -0.321. The Bertz CT molecular complexity index is 272. The number of hydrogen-bond donors (Lipinski definition) is 1. The van der Waals surface area contributed by atoms with Crippen LogP contribution in [0.2, 0.25) is 0 Å². The Morgan fingerprint density at radius 3 is 2.80 bits per heavy atom. The Morgan fingerprint density at radius 2 is 2.13 bits per heavy atom. The van der Waals surface area contributed by atoms with Crippen LogP contribution in [0.15, 0.2) is 24.5 Å². The van der Waals surface area contributed by atoms with Gasteiger partial charge in [-0.25, -0.2) is 4.79 Å². The average Bonchev–Trinajstić information content (AvgIpc) is 2.70. The van der Waals surface area contributed by atoms with E-state index < -0.39 is 0 Å². The molecule has 0 spiro atoms. The van der Waals surface area contributed by atoms with Crippen LogP contribution in [0, 0.1) is 0 Å². The molecule has 1 rings (SSSR count). The lowest BCUT2D eigenvalue weighted by molar-refractivity contribution is -0.148. The highest BCUT2D eigenvalue weighted by molar-refractivity contribution is 5.70. The molecule has 0 saturated carbocycles. The molecule has 1 aromatic heterocycles. The van der Waals surface area contributed by atoms with Crippen LogP contribution in [0.1, 0.15) is 6.92 Å². The summed E-state index contributed by atoms with van der Waals surface area (Å²) in [6.07, 6.45) is 3.79. The van der Waals surface area contributed by atoms with Crippen LogP contribution in [-0.2, 0) is 14.3 Å². The third kappa shape index (κ3) is 5.07.